The summed E-state index contributed by atoms with van der Waals surface area (Å²) in [4.78, 5) is 10.6. The maximum Gasteiger partial charge on any atom is 0.159 e. The van der Waals surface area contributed by atoms with Crippen molar-refractivity contribution in [3.05, 3.63) is 150 Å². The summed E-state index contributed by atoms with van der Waals surface area (Å²) in [6.07, 6.45) is 11.4. The number of benzene rings is 3. The highest BCUT2D eigenvalue weighted by Gasteiger charge is 2.42. The SMILES string of the molecule is C=CC=C(C)c1cccc(C(C)=CC(=C)c2nc3c(c(-c4ccc(-c5ccccc5)cc4)n2)[Si](C)(C)C(C=CC)=C3CC)c1. The number of nitrogens with zero attached hydrogens (tertiary/aromatic N) is 2. The van der Waals surface area contributed by atoms with Crippen LogP contribution in [0.1, 0.15) is 56.8 Å². The minimum absolute atomic E-state index is 0.682. The van der Waals surface area contributed by atoms with Crippen molar-refractivity contribution >= 4 is 35.6 Å². The van der Waals surface area contributed by atoms with Crippen LogP contribution >= 0.6 is 0 Å². The summed E-state index contributed by atoms with van der Waals surface area (Å²) in [5.74, 6) is 0.682. The van der Waals surface area contributed by atoms with Crippen molar-refractivity contribution in [1.82, 2.24) is 9.97 Å². The molecule has 3 heteroatoms. The fourth-order valence-electron chi connectivity index (χ4n) is 6.24. The van der Waals surface area contributed by atoms with Crippen LogP contribution in [-0.2, 0) is 0 Å². The third kappa shape index (κ3) is 5.93. The molecule has 1 aliphatic rings. The third-order valence-electron chi connectivity index (χ3n) is 8.59. The largest absolute Gasteiger partial charge is 0.228 e. The lowest BCUT2D eigenvalue weighted by Gasteiger charge is -2.23. The summed E-state index contributed by atoms with van der Waals surface area (Å²) in [7, 11) is -2.06. The molecule has 5 rings (SSSR count). The van der Waals surface area contributed by atoms with Gasteiger partial charge in [-0.15, -0.1) is 0 Å². The fraction of sp³-hybridized carbons (Fsp3) is 0.171. The molecule has 0 N–H and O–H groups in total. The van der Waals surface area contributed by atoms with Crippen LogP contribution in [0.15, 0.2) is 128 Å². The van der Waals surface area contributed by atoms with Gasteiger partial charge in [0.25, 0.3) is 0 Å². The van der Waals surface area contributed by atoms with E-state index < -0.39 is 8.07 Å². The first-order valence-corrected chi connectivity index (χ1v) is 18.4. The zero-order chi connectivity index (χ0) is 31.4. The van der Waals surface area contributed by atoms with Gasteiger partial charge in [0.05, 0.1) is 11.4 Å². The molecule has 0 radical (unpaired) electrons. The van der Waals surface area contributed by atoms with E-state index in [-0.39, 0.29) is 0 Å². The summed E-state index contributed by atoms with van der Waals surface area (Å²) in [6.45, 7) is 21.8. The summed E-state index contributed by atoms with van der Waals surface area (Å²) in [6, 6.07) is 27.9. The maximum absolute atomic E-state index is 5.30. The highest BCUT2D eigenvalue weighted by Crippen LogP contribution is 2.39. The predicted molar refractivity (Wildman–Crippen MR) is 195 cm³/mol. The molecule has 0 spiro atoms. The Kier molecular flexibility index (Phi) is 9.08. The minimum atomic E-state index is -2.06. The second-order valence-electron chi connectivity index (χ2n) is 12.0. The number of rotatable bonds is 9. The Balaban J connectivity index is 1.64. The van der Waals surface area contributed by atoms with Gasteiger partial charge in [0.2, 0.25) is 0 Å². The Morgan fingerprint density at radius 3 is 2.05 bits per heavy atom. The first kappa shape index (κ1) is 30.8. The standard InChI is InChI=1S/C41H42N2Si/c1-9-16-28(4)34-20-15-21-35(27-34)29(5)26-30(6)41-42-38(33-24-22-32(23-25-33)31-18-13-12-14-19-31)40-39(43-41)36(11-3)37(17-10-2)44(40,7)8/h9-10,12-27H,1,6,11H2,2-5,7-8H3. The van der Waals surface area contributed by atoms with Crippen molar-refractivity contribution in [2.75, 3.05) is 0 Å². The molecular weight excluding hydrogens is 549 g/mol. The smallest absolute Gasteiger partial charge is 0.159 e. The van der Waals surface area contributed by atoms with Crippen molar-refractivity contribution < 1.29 is 0 Å². The van der Waals surface area contributed by atoms with E-state index in [0.29, 0.717) is 5.82 Å². The summed E-state index contributed by atoms with van der Waals surface area (Å²) >= 11 is 0. The van der Waals surface area contributed by atoms with E-state index in [4.69, 9.17) is 9.97 Å². The van der Waals surface area contributed by atoms with Crippen molar-refractivity contribution in [3.8, 4) is 22.4 Å². The number of aromatic nitrogens is 2. The Labute approximate surface area is 264 Å². The molecule has 220 valence electrons. The van der Waals surface area contributed by atoms with Crippen LogP contribution in [0.2, 0.25) is 13.1 Å². The minimum Gasteiger partial charge on any atom is -0.228 e. The Morgan fingerprint density at radius 1 is 0.795 bits per heavy atom. The average molecular weight is 591 g/mol. The Morgan fingerprint density at radius 2 is 1.41 bits per heavy atom. The highest BCUT2D eigenvalue weighted by atomic mass is 28.3. The summed E-state index contributed by atoms with van der Waals surface area (Å²) in [5, 5.41) is 2.77. The van der Waals surface area contributed by atoms with Crippen molar-refractivity contribution in [2.24, 2.45) is 0 Å². The monoisotopic (exact) mass is 590 g/mol. The summed E-state index contributed by atoms with van der Waals surface area (Å²) in [5.41, 5.74) is 12.4. The topological polar surface area (TPSA) is 25.8 Å². The number of allylic oxidation sites excluding steroid dienone is 10. The summed E-state index contributed by atoms with van der Waals surface area (Å²) < 4.78 is 0. The second-order valence-corrected chi connectivity index (χ2v) is 16.2. The van der Waals surface area contributed by atoms with Gasteiger partial charge < -0.3 is 0 Å². The fourth-order valence-corrected chi connectivity index (χ4v) is 9.73. The van der Waals surface area contributed by atoms with Gasteiger partial charge in [0.1, 0.15) is 8.07 Å². The van der Waals surface area contributed by atoms with Crippen LogP contribution in [0, 0.1) is 0 Å². The average Bonchev–Trinajstić information content (AvgIpc) is 3.26. The van der Waals surface area contributed by atoms with Crippen molar-refractivity contribution in [1.29, 1.82) is 0 Å². The van der Waals surface area contributed by atoms with Crippen LogP contribution in [0.3, 0.4) is 0 Å². The lowest BCUT2D eigenvalue weighted by atomic mass is 9.98. The molecule has 0 saturated carbocycles. The van der Waals surface area contributed by atoms with Crippen molar-refractivity contribution in [3.63, 3.8) is 0 Å². The first-order valence-electron chi connectivity index (χ1n) is 15.4. The van der Waals surface area contributed by atoms with E-state index in [1.54, 1.807) is 0 Å². The molecule has 0 atom stereocenters. The molecule has 2 heterocycles. The van der Waals surface area contributed by atoms with Crippen molar-refractivity contribution in [2.45, 2.75) is 47.2 Å². The van der Waals surface area contributed by atoms with Gasteiger partial charge in [-0.25, -0.2) is 9.97 Å². The molecule has 44 heavy (non-hydrogen) atoms. The van der Waals surface area contributed by atoms with Gasteiger partial charge in [-0.05, 0) is 88.7 Å². The van der Waals surface area contributed by atoms with Gasteiger partial charge >= 0.3 is 0 Å². The van der Waals surface area contributed by atoms with Gasteiger partial charge in [-0.3, -0.25) is 0 Å². The zero-order valence-corrected chi connectivity index (χ0v) is 27.9. The van der Waals surface area contributed by atoms with Gasteiger partial charge in [-0.1, -0.05) is 130 Å². The molecule has 1 aromatic heterocycles. The van der Waals surface area contributed by atoms with Gasteiger partial charge in [0.15, 0.2) is 5.82 Å². The van der Waals surface area contributed by atoms with E-state index >= 15 is 0 Å². The van der Waals surface area contributed by atoms with Gasteiger partial charge in [-0.2, -0.15) is 0 Å². The van der Waals surface area contributed by atoms with E-state index in [2.05, 4.69) is 151 Å². The lowest BCUT2D eigenvalue weighted by molar-refractivity contribution is 1.10. The number of hydrogen-bond donors (Lipinski definition) is 0. The van der Waals surface area contributed by atoms with E-state index in [0.717, 1.165) is 40.1 Å². The molecule has 0 saturated heterocycles. The maximum atomic E-state index is 5.30. The lowest BCUT2D eigenvalue weighted by Crippen LogP contribution is -2.43. The van der Waals surface area contributed by atoms with E-state index in [9.17, 15) is 0 Å². The van der Waals surface area contributed by atoms with Crippen LogP contribution < -0.4 is 5.19 Å². The molecular formula is C41H42N2Si. The molecule has 0 amide bonds. The van der Waals surface area contributed by atoms with Crippen LogP contribution in [0.5, 0.6) is 0 Å². The second kappa shape index (κ2) is 12.9. The Hall–Kier alpha value is -4.60. The highest BCUT2D eigenvalue weighted by molar-refractivity contribution is 6.99. The molecule has 0 bridgehead atoms. The van der Waals surface area contributed by atoms with E-state index in [1.807, 2.05) is 12.2 Å². The van der Waals surface area contributed by atoms with Crippen LogP contribution in [-0.4, -0.2) is 18.0 Å². The zero-order valence-electron chi connectivity index (χ0n) is 26.9. The quantitative estimate of drug-likeness (QED) is 0.143. The number of fused-ring (bicyclic) bond motifs is 1. The first-order chi connectivity index (χ1) is 21.2. The van der Waals surface area contributed by atoms with Crippen LogP contribution in [0.25, 0.3) is 44.7 Å². The Bertz CT molecular complexity index is 1850. The number of hydrogen-bond acceptors (Lipinski definition) is 2. The molecule has 0 fully saturated rings. The predicted octanol–water partition coefficient (Wildman–Crippen LogP) is 10.7. The van der Waals surface area contributed by atoms with Gasteiger partial charge in [0, 0.05) is 11.1 Å². The molecule has 4 aromatic rings. The third-order valence-corrected chi connectivity index (χ3v) is 12.1. The molecule has 1 aliphatic heterocycles. The normalized spacial score (nSPS) is 14.7. The molecule has 3 aromatic carbocycles. The van der Waals surface area contributed by atoms with E-state index in [1.165, 1.54) is 38.2 Å². The molecule has 0 unspecified atom stereocenters. The molecule has 2 nitrogen and oxygen atoms in total. The van der Waals surface area contributed by atoms with Crippen LogP contribution in [0.4, 0.5) is 0 Å². The molecule has 0 aliphatic carbocycles.